The maximum Gasteiger partial charge on any atom is 0.0878 e. The van der Waals surface area contributed by atoms with E-state index in [0.29, 0.717) is 0 Å². The summed E-state index contributed by atoms with van der Waals surface area (Å²) in [7, 11) is 0. The molecule has 0 atom stereocenters. The first kappa shape index (κ1) is 19.0. The van der Waals surface area contributed by atoms with Crippen LogP contribution in [0.15, 0.2) is 90.1 Å². The molecule has 6 heteroatoms. The van der Waals surface area contributed by atoms with Crippen molar-refractivity contribution in [1.82, 2.24) is 4.98 Å². The van der Waals surface area contributed by atoms with Crippen molar-refractivity contribution in [1.29, 1.82) is 0 Å². The first-order valence-electron chi connectivity index (χ1n) is 10.1. The number of benzene rings is 4. The molecule has 152 valence electrons. The van der Waals surface area contributed by atoms with E-state index >= 15 is 0 Å². The van der Waals surface area contributed by atoms with Crippen LogP contribution in [-0.4, -0.2) is 4.98 Å². The molecule has 3 nitrogen and oxygen atoms in total. The van der Waals surface area contributed by atoms with Crippen molar-refractivity contribution in [2.75, 3.05) is 0 Å². The Labute approximate surface area is 207 Å². The van der Waals surface area contributed by atoms with Gasteiger partial charge in [-0.05, 0) is 78.1 Å². The predicted octanol–water partition coefficient (Wildman–Crippen LogP) is 7.61. The molecule has 0 unspecified atom stereocenters. The Hall–Kier alpha value is -2.54. The number of aromatic nitrogens is 1. The number of para-hydroxylation sites is 2. The average Bonchev–Trinajstić information content (AvgIpc) is 3.50. The lowest BCUT2D eigenvalue weighted by molar-refractivity contribution is 1.30. The zero-order valence-electron chi connectivity index (χ0n) is 16.4. The zero-order chi connectivity index (χ0) is 21.6. The van der Waals surface area contributed by atoms with Crippen molar-refractivity contribution in [3.05, 3.63) is 101 Å². The molecule has 7 rings (SSSR count). The molecule has 0 saturated carbocycles. The smallest absolute Gasteiger partial charge is 0.0878 e. The molecule has 0 spiro atoms. The highest BCUT2D eigenvalue weighted by atomic mass is 79.9. The normalized spacial score (nSPS) is 12.7. The van der Waals surface area contributed by atoms with E-state index in [0.717, 1.165) is 68.3 Å². The lowest BCUT2D eigenvalue weighted by atomic mass is 10.0. The highest BCUT2D eigenvalue weighted by molar-refractivity contribution is 9.14. The minimum atomic E-state index is 0.920. The van der Waals surface area contributed by atoms with Crippen LogP contribution in [0.5, 0.6) is 0 Å². The van der Waals surface area contributed by atoms with Crippen molar-refractivity contribution in [3.63, 3.8) is 0 Å². The first-order valence-corrected chi connectivity index (χ1v) is 12.5. The summed E-state index contributed by atoms with van der Waals surface area (Å²) in [4.78, 5) is 13.7. The van der Waals surface area contributed by atoms with Gasteiger partial charge in [0.25, 0.3) is 0 Å². The van der Waals surface area contributed by atoms with Gasteiger partial charge in [0.2, 0.25) is 0 Å². The Morgan fingerprint density at radius 3 is 2.28 bits per heavy atom. The van der Waals surface area contributed by atoms with Gasteiger partial charge in [-0.3, -0.25) is 0 Å². The van der Waals surface area contributed by atoms with Gasteiger partial charge >= 0.3 is 0 Å². The number of hydrogen-bond acceptors (Lipinski definition) is 2. The van der Waals surface area contributed by atoms with Crippen LogP contribution in [-0.2, 0) is 0 Å². The molecule has 0 bridgehead atoms. The second-order valence-corrected chi connectivity index (χ2v) is 10.3. The third kappa shape index (κ3) is 2.46. The number of hydrogen-bond donors (Lipinski definition) is 1. The van der Waals surface area contributed by atoms with Crippen LogP contribution in [0.4, 0.5) is 11.4 Å². The fourth-order valence-electron chi connectivity index (χ4n) is 4.75. The van der Waals surface area contributed by atoms with E-state index in [1.165, 1.54) is 10.9 Å². The van der Waals surface area contributed by atoms with Gasteiger partial charge in [0.15, 0.2) is 0 Å². The monoisotopic (exact) mass is 603 g/mol. The number of rotatable bonds is 1. The van der Waals surface area contributed by atoms with Crippen LogP contribution in [0.2, 0.25) is 0 Å². The summed E-state index contributed by atoms with van der Waals surface area (Å²) in [6, 6.07) is 23.1. The highest BCUT2D eigenvalue weighted by Crippen LogP contribution is 2.41. The molecule has 2 aliphatic rings. The minimum absolute atomic E-state index is 0.920. The van der Waals surface area contributed by atoms with Gasteiger partial charge in [0.1, 0.15) is 0 Å². The van der Waals surface area contributed by atoms with Crippen LogP contribution in [0.3, 0.4) is 0 Å². The summed E-state index contributed by atoms with van der Waals surface area (Å²) in [5.74, 6) is 0. The van der Waals surface area contributed by atoms with Crippen molar-refractivity contribution in [2.45, 2.75) is 0 Å². The summed E-state index contributed by atoms with van der Waals surface area (Å²) in [6.07, 6.45) is 0. The van der Waals surface area contributed by atoms with E-state index in [2.05, 4.69) is 107 Å². The molecule has 3 heterocycles. The molecule has 1 N–H and O–H groups in total. The van der Waals surface area contributed by atoms with Gasteiger partial charge in [-0.2, -0.15) is 0 Å². The Balaban J connectivity index is 1.74. The second kappa shape index (κ2) is 6.73. The molecule has 32 heavy (non-hydrogen) atoms. The van der Waals surface area contributed by atoms with E-state index < -0.39 is 0 Å². The van der Waals surface area contributed by atoms with E-state index in [1.54, 1.807) is 0 Å². The molecular formula is C26H12Br3N3. The van der Waals surface area contributed by atoms with Gasteiger partial charge < -0.3 is 4.98 Å². The number of H-pyrrole nitrogens is 1. The number of aromatic amines is 1. The topological polar surface area (TPSA) is 40.5 Å². The highest BCUT2D eigenvalue weighted by Gasteiger charge is 2.24. The fourth-order valence-corrected chi connectivity index (χ4v) is 6.50. The predicted molar refractivity (Wildman–Crippen MR) is 138 cm³/mol. The van der Waals surface area contributed by atoms with Gasteiger partial charge in [-0.25, -0.2) is 9.98 Å². The minimum Gasteiger partial charge on any atom is -0.354 e. The van der Waals surface area contributed by atoms with Crippen LogP contribution in [0.1, 0.15) is 0 Å². The molecule has 1 aromatic heterocycles. The van der Waals surface area contributed by atoms with Crippen molar-refractivity contribution in [3.8, 4) is 22.4 Å². The summed E-state index contributed by atoms with van der Waals surface area (Å²) in [5.41, 5.74) is 7.49. The molecular weight excluding hydrogens is 594 g/mol. The van der Waals surface area contributed by atoms with E-state index in [1.807, 2.05) is 12.1 Å². The fraction of sp³-hybridized carbons (Fsp3) is 0. The Kier molecular flexibility index (Phi) is 3.99. The van der Waals surface area contributed by atoms with E-state index in [-0.39, 0.29) is 0 Å². The van der Waals surface area contributed by atoms with Crippen LogP contribution >= 0.6 is 47.8 Å². The second-order valence-electron chi connectivity index (χ2n) is 7.91. The SMILES string of the molecule is Brc1c(Br)c(-c2cc3ccccc3[nH]2)c2c(c1Br)=Nc1ccc3c(c1=2)=Nc1ccccc1-3. The number of nitrogens with one attached hydrogen (secondary N) is 1. The summed E-state index contributed by atoms with van der Waals surface area (Å²) >= 11 is 11.4. The van der Waals surface area contributed by atoms with E-state index in [9.17, 15) is 0 Å². The summed E-state index contributed by atoms with van der Waals surface area (Å²) in [6.45, 7) is 0. The third-order valence-electron chi connectivity index (χ3n) is 6.16. The van der Waals surface area contributed by atoms with Gasteiger partial charge in [-0.15, -0.1) is 0 Å². The zero-order valence-corrected chi connectivity index (χ0v) is 21.1. The lowest BCUT2D eigenvalue weighted by Gasteiger charge is -2.08. The largest absolute Gasteiger partial charge is 0.354 e. The molecule has 0 amide bonds. The van der Waals surface area contributed by atoms with Crippen LogP contribution in [0, 0.1) is 10.4 Å². The van der Waals surface area contributed by atoms with E-state index in [4.69, 9.17) is 9.98 Å². The Bertz CT molecular complexity index is 1840. The van der Waals surface area contributed by atoms with Gasteiger partial charge in [0, 0.05) is 52.7 Å². The van der Waals surface area contributed by atoms with Crippen LogP contribution in [0.25, 0.3) is 33.3 Å². The van der Waals surface area contributed by atoms with Crippen molar-refractivity contribution >= 4 is 70.1 Å². The first-order chi connectivity index (χ1) is 15.6. The summed E-state index contributed by atoms with van der Waals surface area (Å²) < 4.78 is 2.85. The van der Waals surface area contributed by atoms with Gasteiger partial charge in [-0.1, -0.05) is 36.4 Å². The quantitative estimate of drug-likeness (QED) is 0.187. The molecule has 0 saturated heterocycles. The average molecular weight is 606 g/mol. The Morgan fingerprint density at radius 2 is 1.41 bits per heavy atom. The number of halogens is 3. The molecule has 0 fully saturated rings. The van der Waals surface area contributed by atoms with Crippen LogP contribution < -0.4 is 10.7 Å². The number of nitrogens with zero attached hydrogens (tertiary/aromatic N) is 2. The number of fused-ring (bicyclic) bond motifs is 7. The molecule has 0 aliphatic carbocycles. The lowest BCUT2D eigenvalue weighted by Crippen LogP contribution is -2.10. The maximum atomic E-state index is 5.03. The Morgan fingerprint density at radius 1 is 0.625 bits per heavy atom. The third-order valence-corrected chi connectivity index (χ3v) is 9.59. The molecule has 0 radical (unpaired) electrons. The van der Waals surface area contributed by atoms with Gasteiger partial charge in [0.05, 0.1) is 26.6 Å². The maximum absolute atomic E-state index is 5.03. The van der Waals surface area contributed by atoms with Crippen molar-refractivity contribution < 1.29 is 0 Å². The molecule has 5 aromatic rings. The molecule has 4 aromatic carbocycles. The standard InChI is InChI=1S/C26H12Br3N3/c27-22-19(18-11-12-5-1-3-7-15(12)30-18)21-20-17(32-26(21)24(29)23(22)28)10-9-14-13-6-2-4-8-16(13)31-25(14)20/h1-11,30H. The van der Waals surface area contributed by atoms with Crippen molar-refractivity contribution in [2.24, 2.45) is 9.98 Å². The molecule has 2 aliphatic heterocycles. The summed E-state index contributed by atoms with van der Waals surface area (Å²) in [5, 5.41) is 5.25.